The summed E-state index contributed by atoms with van der Waals surface area (Å²) in [5.41, 5.74) is 0. The van der Waals surface area contributed by atoms with Gasteiger partial charge in [0.05, 0.1) is 6.42 Å². The van der Waals surface area contributed by atoms with Gasteiger partial charge in [-0.2, -0.15) is 0 Å². The summed E-state index contributed by atoms with van der Waals surface area (Å²) in [5, 5.41) is 10.9. The Kier molecular flexibility index (Phi) is 3.88. The molecule has 0 aromatic carbocycles. The smallest absolute Gasteiger partial charge is 0.305 e. The third kappa shape index (κ3) is 2.99. The Morgan fingerprint density at radius 3 is 2.79 bits per heavy atom. The maximum atomic E-state index is 11.4. The van der Waals surface area contributed by atoms with Crippen molar-refractivity contribution in [2.45, 2.75) is 25.9 Å². The van der Waals surface area contributed by atoms with E-state index in [9.17, 15) is 9.59 Å². The summed E-state index contributed by atoms with van der Waals surface area (Å²) in [6.07, 6.45) is 0.438. The number of ether oxygens (including phenoxy) is 1. The normalized spacial score (nSPS) is 26.1. The highest BCUT2D eigenvalue weighted by Crippen LogP contribution is 2.19. The molecule has 14 heavy (non-hydrogen) atoms. The van der Waals surface area contributed by atoms with Crippen molar-refractivity contribution >= 4 is 11.9 Å². The maximum Gasteiger partial charge on any atom is 0.305 e. The highest BCUT2D eigenvalue weighted by atomic mass is 16.5. The molecule has 0 saturated carbocycles. The minimum Gasteiger partial charge on any atom is -0.481 e. The second-order valence-electron chi connectivity index (χ2n) is 3.49. The summed E-state index contributed by atoms with van der Waals surface area (Å²) in [7, 11) is 0. The molecule has 1 fully saturated rings. The van der Waals surface area contributed by atoms with Crippen molar-refractivity contribution < 1.29 is 19.4 Å². The number of carbonyl (C=O) groups is 2. The van der Waals surface area contributed by atoms with Gasteiger partial charge in [0.1, 0.15) is 6.10 Å². The minimum absolute atomic E-state index is 0.0488. The average molecular weight is 201 g/mol. The van der Waals surface area contributed by atoms with E-state index in [2.05, 4.69) is 5.32 Å². The molecule has 0 aromatic heterocycles. The molecule has 5 nitrogen and oxygen atoms in total. The molecule has 0 aliphatic carbocycles. The first-order valence-corrected chi connectivity index (χ1v) is 4.72. The average Bonchev–Trinajstić information content (AvgIpc) is 2.50. The molecule has 1 aliphatic heterocycles. The van der Waals surface area contributed by atoms with Crippen LogP contribution in [-0.2, 0) is 14.3 Å². The number of rotatable bonds is 4. The molecule has 1 saturated heterocycles. The van der Waals surface area contributed by atoms with Gasteiger partial charge >= 0.3 is 5.97 Å². The first kappa shape index (κ1) is 11.0. The highest BCUT2D eigenvalue weighted by Gasteiger charge is 2.30. The molecule has 0 aromatic rings. The van der Waals surface area contributed by atoms with E-state index in [4.69, 9.17) is 9.84 Å². The molecule has 0 radical (unpaired) electrons. The first-order valence-electron chi connectivity index (χ1n) is 4.72. The van der Waals surface area contributed by atoms with Gasteiger partial charge in [0.2, 0.25) is 5.91 Å². The number of amides is 1. The van der Waals surface area contributed by atoms with Crippen LogP contribution in [0.1, 0.15) is 19.8 Å². The summed E-state index contributed by atoms with van der Waals surface area (Å²) >= 11 is 0. The molecule has 0 spiro atoms. The van der Waals surface area contributed by atoms with Crippen LogP contribution in [0.3, 0.4) is 0 Å². The fraction of sp³-hybridized carbons (Fsp3) is 0.778. The highest BCUT2D eigenvalue weighted by molar-refractivity contribution is 5.81. The lowest BCUT2D eigenvalue weighted by Crippen LogP contribution is -2.38. The lowest BCUT2D eigenvalue weighted by atomic mass is 10.0. The lowest BCUT2D eigenvalue weighted by Gasteiger charge is -2.13. The van der Waals surface area contributed by atoms with Gasteiger partial charge < -0.3 is 15.2 Å². The van der Waals surface area contributed by atoms with Gasteiger partial charge in [-0.15, -0.1) is 0 Å². The Hall–Kier alpha value is -1.10. The van der Waals surface area contributed by atoms with E-state index in [0.29, 0.717) is 6.61 Å². The van der Waals surface area contributed by atoms with E-state index in [0.717, 1.165) is 6.42 Å². The molecule has 1 aliphatic rings. The van der Waals surface area contributed by atoms with Crippen LogP contribution in [0.4, 0.5) is 0 Å². The zero-order valence-electron chi connectivity index (χ0n) is 8.16. The van der Waals surface area contributed by atoms with E-state index in [-0.39, 0.29) is 24.8 Å². The molecule has 2 atom stereocenters. The predicted molar refractivity (Wildman–Crippen MR) is 48.8 cm³/mol. The Bertz CT molecular complexity index is 229. The van der Waals surface area contributed by atoms with Gasteiger partial charge in [-0.25, -0.2) is 0 Å². The molecule has 5 heteroatoms. The van der Waals surface area contributed by atoms with Gasteiger partial charge in [-0.1, -0.05) is 6.92 Å². The molecule has 1 amide bonds. The lowest BCUT2D eigenvalue weighted by molar-refractivity contribution is -0.137. The van der Waals surface area contributed by atoms with E-state index in [1.54, 1.807) is 0 Å². The Morgan fingerprint density at radius 1 is 1.57 bits per heavy atom. The number of nitrogens with one attached hydrogen (secondary N) is 1. The fourth-order valence-electron chi connectivity index (χ4n) is 1.42. The van der Waals surface area contributed by atoms with E-state index in [1.165, 1.54) is 0 Å². The van der Waals surface area contributed by atoms with Gasteiger partial charge in [0, 0.05) is 13.2 Å². The number of carboxylic acid groups (broad SMARTS) is 1. The van der Waals surface area contributed by atoms with Crippen molar-refractivity contribution in [1.82, 2.24) is 5.32 Å². The summed E-state index contributed by atoms with van der Waals surface area (Å²) in [6, 6.07) is 0. The van der Waals surface area contributed by atoms with Crippen LogP contribution in [0.25, 0.3) is 0 Å². The first-order chi connectivity index (χ1) is 6.61. The largest absolute Gasteiger partial charge is 0.481 e. The Labute approximate surface area is 82.4 Å². The van der Waals surface area contributed by atoms with Crippen LogP contribution in [0.5, 0.6) is 0 Å². The summed E-state index contributed by atoms with van der Waals surface area (Å²) in [4.78, 5) is 21.6. The zero-order valence-corrected chi connectivity index (χ0v) is 8.16. The second-order valence-corrected chi connectivity index (χ2v) is 3.49. The fourth-order valence-corrected chi connectivity index (χ4v) is 1.42. The van der Waals surface area contributed by atoms with Crippen molar-refractivity contribution in [2.75, 3.05) is 13.2 Å². The van der Waals surface area contributed by atoms with Crippen molar-refractivity contribution in [3.63, 3.8) is 0 Å². The van der Waals surface area contributed by atoms with Crippen molar-refractivity contribution in [3.05, 3.63) is 0 Å². The molecule has 0 bridgehead atoms. The Morgan fingerprint density at radius 2 is 2.29 bits per heavy atom. The van der Waals surface area contributed by atoms with Gasteiger partial charge in [0.15, 0.2) is 0 Å². The number of carbonyl (C=O) groups excluding carboxylic acids is 1. The number of aliphatic carboxylic acids is 1. The predicted octanol–water partition coefficient (Wildman–Crippen LogP) is 0.00230. The van der Waals surface area contributed by atoms with Crippen LogP contribution < -0.4 is 5.32 Å². The van der Waals surface area contributed by atoms with Gasteiger partial charge in [-0.05, 0) is 12.3 Å². The summed E-state index contributed by atoms with van der Waals surface area (Å²) in [6.45, 7) is 2.73. The second kappa shape index (κ2) is 4.95. The number of hydrogen-bond acceptors (Lipinski definition) is 3. The molecule has 80 valence electrons. The van der Waals surface area contributed by atoms with Crippen molar-refractivity contribution in [1.29, 1.82) is 0 Å². The molecule has 1 heterocycles. The van der Waals surface area contributed by atoms with E-state index >= 15 is 0 Å². The van der Waals surface area contributed by atoms with Crippen LogP contribution >= 0.6 is 0 Å². The molecule has 1 rings (SSSR count). The quantitative estimate of drug-likeness (QED) is 0.671. The monoisotopic (exact) mass is 201 g/mol. The maximum absolute atomic E-state index is 11.4. The minimum atomic E-state index is -0.911. The zero-order chi connectivity index (χ0) is 10.6. The van der Waals surface area contributed by atoms with E-state index in [1.807, 2.05) is 6.92 Å². The number of carboxylic acids is 1. The van der Waals surface area contributed by atoms with E-state index < -0.39 is 12.1 Å². The third-order valence-electron chi connectivity index (χ3n) is 2.28. The third-order valence-corrected chi connectivity index (χ3v) is 2.28. The summed E-state index contributed by atoms with van der Waals surface area (Å²) < 4.78 is 5.23. The molecular weight excluding hydrogens is 186 g/mol. The SMILES string of the molecule is CC1CCOC1C(=O)NCCC(=O)O. The van der Waals surface area contributed by atoms with Gasteiger partial charge in [0.25, 0.3) is 0 Å². The van der Waals surface area contributed by atoms with Crippen LogP contribution in [-0.4, -0.2) is 36.2 Å². The standard InChI is InChI=1S/C9H15NO4/c1-6-3-5-14-8(6)9(13)10-4-2-7(11)12/h6,8H,2-5H2,1H3,(H,10,13)(H,11,12). The molecule has 2 N–H and O–H groups in total. The topological polar surface area (TPSA) is 75.6 Å². The summed E-state index contributed by atoms with van der Waals surface area (Å²) in [5.74, 6) is -0.887. The molecular formula is C9H15NO4. The van der Waals surface area contributed by atoms with Crippen molar-refractivity contribution in [2.24, 2.45) is 5.92 Å². The van der Waals surface area contributed by atoms with Crippen LogP contribution in [0, 0.1) is 5.92 Å². The van der Waals surface area contributed by atoms with Crippen molar-refractivity contribution in [3.8, 4) is 0 Å². The van der Waals surface area contributed by atoms with Crippen LogP contribution in [0.15, 0.2) is 0 Å². The number of hydrogen-bond donors (Lipinski definition) is 2. The molecule has 2 unspecified atom stereocenters. The van der Waals surface area contributed by atoms with Crippen LogP contribution in [0.2, 0.25) is 0 Å². The van der Waals surface area contributed by atoms with Gasteiger partial charge in [-0.3, -0.25) is 9.59 Å². The Balaban J connectivity index is 2.24.